The first-order chi connectivity index (χ1) is 14.7. The Hall–Kier alpha value is -3.28. The molecule has 2 aromatic carbocycles. The van der Waals surface area contributed by atoms with Gasteiger partial charge in [-0.25, -0.2) is 4.98 Å². The van der Waals surface area contributed by atoms with Crippen molar-refractivity contribution in [3.8, 4) is 22.8 Å². The summed E-state index contributed by atoms with van der Waals surface area (Å²) in [6.07, 6.45) is 3.01. The van der Waals surface area contributed by atoms with Crippen molar-refractivity contribution in [3.63, 3.8) is 0 Å². The highest BCUT2D eigenvalue weighted by molar-refractivity contribution is 5.94. The van der Waals surface area contributed by atoms with Gasteiger partial charge >= 0.3 is 0 Å². The van der Waals surface area contributed by atoms with Gasteiger partial charge in [-0.1, -0.05) is 12.1 Å². The maximum Gasteiger partial charge on any atom is 0.253 e. The molecule has 1 fully saturated rings. The van der Waals surface area contributed by atoms with Crippen LogP contribution >= 0.6 is 0 Å². The number of amides is 1. The maximum absolute atomic E-state index is 13.0. The van der Waals surface area contributed by atoms with Crippen LogP contribution in [0.3, 0.4) is 0 Å². The Morgan fingerprint density at radius 2 is 1.83 bits per heavy atom. The molecule has 5 rings (SSSR count). The average Bonchev–Trinajstić information content (AvgIpc) is 3.42. The Morgan fingerprint density at radius 3 is 2.60 bits per heavy atom. The molecule has 0 N–H and O–H groups in total. The minimum absolute atomic E-state index is 0.0816. The van der Waals surface area contributed by atoms with Gasteiger partial charge in [0.1, 0.15) is 17.3 Å². The van der Waals surface area contributed by atoms with E-state index in [1.807, 2.05) is 53.6 Å². The van der Waals surface area contributed by atoms with Gasteiger partial charge in [-0.15, -0.1) is 0 Å². The van der Waals surface area contributed by atoms with E-state index in [1.165, 1.54) is 0 Å². The fourth-order valence-corrected chi connectivity index (χ4v) is 4.77. The van der Waals surface area contributed by atoms with Gasteiger partial charge in [-0.3, -0.25) is 4.79 Å². The predicted molar refractivity (Wildman–Crippen MR) is 114 cm³/mol. The minimum atomic E-state index is 0.0816. The number of methoxy groups -OCH3 is 2. The van der Waals surface area contributed by atoms with E-state index < -0.39 is 0 Å². The Balaban J connectivity index is 1.39. The zero-order valence-electron chi connectivity index (χ0n) is 17.2. The standard InChI is InChI=1S/C24H25N3O3/c1-29-19-8-6-16(7-9-19)24(28)26-14-18-10-11-27-22(13-25-23(27)21(18)15-26)17-4-3-5-20(12-17)30-2/h3-9,12-13,18,21H,10-11,14-15H2,1-2H3/t18-,21+/m0/s1. The molecule has 0 saturated carbocycles. The van der Waals surface area contributed by atoms with E-state index >= 15 is 0 Å². The second-order valence-electron chi connectivity index (χ2n) is 7.98. The third kappa shape index (κ3) is 3.12. The highest BCUT2D eigenvalue weighted by atomic mass is 16.5. The quantitative estimate of drug-likeness (QED) is 0.664. The molecule has 0 spiro atoms. The van der Waals surface area contributed by atoms with Gasteiger partial charge in [0.2, 0.25) is 0 Å². The number of imidazole rings is 1. The normalized spacial score (nSPS) is 19.9. The monoisotopic (exact) mass is 403 g/mol. The molecule has 6 nitrogen and oxygen atoms in total. The zero-order valence-corrected chi connectivity index (χ0v) is 17.2. The summed E-state index contributed by atoms with van der Waals surface area (Å²) < 4.78 is 12.9. The van der Waals surface area contributed by atoms with Crippen molar-refractivity contribution >= 4 is 5.91 Å². The maximum atomic E-state index is 13.0. The number of ether oxygens (including phenoxy) is 2. The summed E-state index contributed by atoms with van der Waals surface area (Å²) in [6.45, 7) is 2.43. The van der Waals surface area contributed by atoms with Crippen molar-refractivity contribution in [2.24, 2.45) is 5.92 Å². The first kappa shape index (κ1) is 18.7. The van der Waals surface area contributed by atoms with Crippen LogP contribution in [0.1, 0.15) is 28.5 Å². The smallest absolute Gasteiger partial charge is 0.253 e. The van der Waals surface area contributed by atoms with E-state index in [0.717, 1.165) is 48.1 Å². The summed E-state index contributed by atoms with van der Waals surface area (Å²) in [5, 5.41) is 0. The second kappa shape index (κ2) is 7.52. The number of benzene rings is 2. The van der Waals surface area contributed by atoms with E-state index in [0.29, 0.717) is 18.0 Å². The molecule has 1 saturated heterocycles. The van der Waals surface area contributed by atoms with Gasteiger partial charge in [-0.05, 0) is 48.7 Å². The van der Waals surface area contributed by atoms with Crippen molar-refractivity contribution in [2.45, 2.75) is 18.9 Å². The zero-order chi connectivity index (χ0) is 20.7. The molecule has 30 heavy (non-hydrogen) atoms. The third-order valence-corrected chi connectivity index (χ3v) is 6.37. The van der Waals surface area contributed by atoms with Crippen molar-refractivity contribution in [3.05, 3.63) is 66.1 Å². The van der Waals surface area contributed by atoms with E-state index in [4.69, 9.17) is 14.5 Å². The number of hydrogen-bond donors (Lipinski definition) is 0. The summed E-state index contributed by atoms with van der Waals surface area (Å²) in [7, 11) is 3.31. The van der Waals surface area contributed by atoms with Crippen LogP contribution in [-0.2, 0) is 6.54 Å². The second-order valence-corrected chi connectivity index (χ2v) is 7.98. The fourth-order valence-electron chi connectivity index (χ4n) is 4.77. The summed E-state index contributed by atoms with van der Waals surface area (Å²) in [4.78, 5) is 19.8. The van der Waals surface area contributed by atoms with Gasteiger partial charge < -0.3 is 18.9 Å². The lowest BCUT2D eigenvalue weighted by atomic mass is 9.89. The number of fused-ring (bicyclic) bond motifs is 3. The molecule has 6 heteroatoms. The van der Waals surface area contributed by atoms with Crippen LogP contribution in [0.2, 0.25) is 0 Å². The summed E-state index contributed by atoms with van der Waals surface area (Å²) in [5.74, 6) is 3.51. The Labute approximate surface area is 176 Å². The number of carbonyl (C=O) groups is 1. The highest BCUT2D eigenvalue weighted by Crippen LogP contribution is 2.41. The molecular formula is C24H25N3O3. The first-order valence-electron chi connectivity index (χ1n) is 10.3. The SMILES string of the molecule is COc1ccc(C(=O)N2C[C@@H]3CCn4c(-c5cccc(OC)c5)cnc4[C@@H]3C2)cc1. The lowest BCUT2D eigenvalue weighted by Crippen LogP contribution is -2.28. The summed E-state index contributed by atoms with van der Waals surface area (Å²) in [6, 6.07) is 15.4. The number of aromatic nitrogens is 2. The number of rotatable bonds is 4. The van der Waals surface area contributed by atoms with E-state index in [9.17, 15) is 4.79 Å². The molecular weight excluding hydrogens is 378 g/mol. The minimum Gasteiger partial charge on any atom is -0.497 e. The molecule has 154 valence electrons. The van der Waals surface area contributed by atoms with Crippen LogP contribution in [-0.4, -0.2) is 47.7 Å². The van der Waals surface area contributed by atoms with Gasteiger partial charge in [0.15, 0.2) is 0 Å². The van der Waals surface area contributed by atoms with E-state index in [-0.39, 0.29) is 11.8 Å². The first-order valence-corrected chi connectivity index (χ1v) is 10.3. The summed E-state index contributed by atoms with van der Waals surface area (Å²) >= 11 is 0. The topological polar surface area (TPSA) is 56.6 Å². The number of carbonyl (C=O) groups excluding carboxylic acids is 1. The predicted octanol–water partition coefficient (Wildman–Crippen LogP) is 3.83. The van der Waals surface area contributed by atoms with Gasteiger partial charge in [0, 0.05) is 36.7 Å². The van der Waals surface area contributed by atoms with Crippen LogP contribution in [0.4, 0.5) is 0 Å². The van der Waals surface area contributed by atoms with Crippen LogP contribution in [0.15, 0.2) is 54.7 Å². The van der Waals surface area contributed by atoms with Crippen LogP contribution in [0.5, 0.6) is 11.5 Å². The lowest BCUT2D eigenvalue weighted by molar-refractivity contribution is 0.0785. The van der Waals surface area contributed by atoms with Crippen LogP contribution in [0, 0.1) is 5.92 Å². The Morgan fingerprint density at radius 1 is 1.03 bits per heavy atom. The number of nitrogens with zero attached hydrogens (tertiary/aromatic N) is 3. The fraction of sp³-hybridized carbons (Fsp3) is 0.333. The number of likely N-dealkylation sites (tertiary alicyclic amines) is 1. The van der Waals surface area contributed by atoms with Crippen molar-refractivity contribution in [1.29, 1.82) is 0 Å². The molecule has 2 aliphatic rings. The molecule has 3 heterocycles. The van der Waals surface area contributed by atoms with E-state index in [2.05, 4.69) is 10.6 Å². The molecule has 1 amide bonds. The van der Waals surface area contributed by atoms with Crippen molar-refractivity contribution in [2.75, 3.05) is 27.3 Å². The van der Waals surface area contributed by atoms with Crippen LogP contribution in [0.25, 0.3) is 11.3 Å². The molecule has 0 aliphatic carbocycles. The van der Waals surface area contributed by atoms with E-state index in [1.54, 1.807) is 14.2 Å². The molecule has 2 aliphatic heterocycles. The highest BCUT2D eigenvalue weighted by Gasteiger charge is 2.41. The molecule has 0 radical (unpaired) electrons. The van der Waals surface area contributed by atoms with Gasteiger partial charge in [-0.2, -0.15) is 0 Å². The molecule has 0 bridgehead atoms. The van der Waals surface area contributed by atoms with Gasteiger partial charge in [0.25, 0.3) is 5.91 Å². The van der Waals surface area contributed by atoms with Crippen LogP contribution < -0.4 is 9.47 Å². The molecule has 2 atom stereocenters. The molecule has 1 aromatic heterocycles. The number of hydrogen-bond acceptors (Lipinski definition) is 4. The third-order valence-electron chi connectivity index (χ3n) is 6.37. The Bertz CT molecular complexity index is 1070. The van der Waals surface area contributed by atoms with Crippen molar-refractivity contribution < 1.29 is 14.3 Å². The lowest BCUT2D eigenvalue weighted by Gasteiger charge is -2.26. The molecule has 0 unspecified atom stereocenters. The largest absolute Gasteiger partial charge is 0.497 e. The van der Waals surface area contributed by atoms with Gasteiger partial charge in [0.05, 0.1) is 26.1 Å². The summed E-state index contributed by atoms with van der Waals surface area (Å²) in [5.41, 5.74) is 2.92. The Kier molecular flexibility index (Phi) is 4.69. The van der Waals surface area contributed by atoms with Crippen molar-refractivity contribution in [1.82, 2.24) is 14.5 Å². The molecule has 3 aromatic rings. The average molecular weight is 403 g/mol.